The molecule has 3 heterocycles. The summed E-state index contributed by atoms with van der Waals surface area (Å²) in [5, 5.41) is 6.41. The first-order valence-corrected chi connectivity index (χ1v) is 10.7. The van der Waals surface area contributed by atoms with Crippen LogP contribution in [-0.2, 0) is 14.3 Å². The first-order valence-electron chi connectivity index (χ1n) is 10.7. The molecule has 1 spiro atoms. The van der Waals surface area contributed by atoms with Gasteiger partial charge in [-0.05, 0) is 57.5 Å². The van der Waals surface area contributed by atoms with Gasteiger partial charge < -0.3 is 25.0 Å². The summed E-state index contributed by atoms with van der Waals surface area (Å²) in [5.74, 6) is 0.777. The van der Waals surface area contributed by atoms with Gasteiger partial charge in [0.25, 0.3) is 0 Å². The van der Waals surface area contributed by atoms with Crippen LogP contribution < -0.4 is 10.6 Å². The number of piperidine rings is 1. The Balaban J connectivity index is 0.00000225. The van der Waals surface area contributed by atoms with E-state index in [1.54, 1.807) is 0 Å². The fourth-order valence-electron chi connectivity index (χ4n) is 5.06. The van der Waals surface area contributed by atoms with Gasteiger partial charge in [0.05, 0.1) is 12.6 Å². The highest BCUT2D eigenvalue weighted by Crippen LogP contribution is 2.34. The molecule has 0 aromatic heterocycles. The number of ether oxygens (including phenoxy) is 2. The second-order valence-corrected chi connectivity index (χ2v) is 8.78. The van der Waals surface area contributed by atoms with Crippen LogP contribution in [0.4, 0.5) is 4.79 Å². The highest BCUT2D eigenvalue weighted by molar-refractivity contribution is 5.85. The molecule has 4 rings (SSSR count). The highest BCUT2D eigenvalue weighted by atomic mass is 35.5. The lowest BCUT2D eigenvalue weighted by molar-refractivity contribution is -0.126. The van der Waals surface area contributed by atoms with Gasteiger partial charge in [0.2, 0.25) is 5.91 Å². The summed E-state index contributed by atoms with van der Waals surface area (Å²) < 4.78 is 11.3. The Kier molecular flexibility index (Phi) is 7.45. The van der Waals surface area contributed by atoms with Crippen molar-refractivity contribution >= 4 is 24.4 Å². The number of carbonyl (C=O) groups excluding carboxylic acids is 2. The average Bonchev–Trinajstić information content (AvgIpc) is 3.29. The van der Waals surface area contributed by atoms with E-state index in [2.05, 4.69) is 10.6 Å². The van der Waals surface area contributed by atoms with E-state index in [1.807, 2.05) is 4.90 Å². The molecule has 4 fully saturated rings. The lowest BCUT2D eigenvalue weighted by atomic mass is 9.81. The SMILES string of the molecule is Cl.O=C(NCC1CCCO1)C1CCC(CN2CC3(CCNCC3)OC2=O)CC1. The molecule has 3 aliphatic heterocycles. The number of hydrogen-bond acceptors (Lipinski definition) is 5. The lowest BCUT2D eigenvalue weighted by Gasteiger charge is -2.32. The van der Waals surface area contributed by atoms with Crippen LogP contribution in [-0.4, -0.2) is 67.9 Å². The molecule has 1 aliphatic carbocycles. The quantitative estimate of drug-likeness (QED) is 0.718. The van der Waals surface area contributed by atoms with Crippen molar-refractivity contribution in [1.29, 1.82) is 0 Å². The molecule has 1 unspecified atom stereocenters. The monoisotopic (exact) mass is 415 g/mol. The van der Waals surface area contributed by atoms with E-state index in [0.717, 1.165) is 84.2 Å². The van der Waals surface area contributed by atoms with Crippen molar-refractivity contribution in [1.82, 2.24) is 15.5 Å². The Morgan fingerprint density at radius 3 is 2.61 bits per heavy atom. The maximum atomic E-state index is 12.4. The predicted octanol–water partition coefficient (Wildman–Crippen LogP) is 2.08. The first-order chi connectivity index (χ1) is 13.1. The van der Waals surface area contributed by atoms with Gasteiger partial charge >= 0.3 is 6.09 Å². The zero-order valence-electron chi connectivity index (χ0n) is 16.6. The van der Waals surface area contributed by atoms with Crippen LogP contribution in [0.1, 0.15) is 51.4 Å². The number of hydrogen-bond donors (Lipinski definition) is 2. The van der Waals surface area contributed by atoms with E-state index >= 15 is 0 Å². The second kappa shape index (κ2) is 9.63. The van der Waals surface area contributed by atoms with Gasteiger partial charge in [-0.15, -0.1) is 12.4 Å². The zero-order chi connectivity index (χ0) is 18.7. The van der Waals surface area contributed by atoms with Gasteiger partial charge in [-0.25, -0.2) is 4.79 Å². The molecule has 1 saturated carbocycles. The van der Waals surface area contributed by atoms with Crippen molar-refractivity contribution < 1.29 is 19.1 Å². The molecule has 3 saturated heterocycles. The Hall–Kier alpha value is -1.05. The Morgan fingerprint density at radius 1 is 1.18 bits per heavy atom. The molecule has 160 valence electrons. The molecule has 0 aromatic carbocycles. The maximum absolute atomic E-state index is 12.4. The predicted molar refractivity (Wildman–Crippen MR) is 108 cm³/mol. The van der Waals surface area contributed by atoms with Crippen molar-refractivity contribution in [3.63, 3.8) is 0 Å². The summed E-state index contributed by atoms with van der Waals surface area (Å²) in [6.07, 6.45) is 7.88. The molecule has 7 nitrogen and oxygen atoms in total. The van der Waals surface area contributed by atoms with E-state index in [9.17, 15) is 9.59 Å². The van der Waals surface area contributed by atoms with Gasteiger partial charge in [-0.1, -0.05) is 0 Å². The van der Waals surface area contributed by atoms with E-state index in [0.29, 0.717) is 12.5 Å². The molecule has 0 aromatic rings. The highest BCUT2D eigenvalue weighted by Gasteiger charge is 2.46. The number of nitrogens with one attached hydrogen (secondary N) is 2. The Labute approximate surface area is 173 Å². The van der Waals surface area contributed by atoms with Gasteiger partial charge in [0.15, 0.2) is 0 Å². The molecule has 28 heavy (non-hydrogen) atoms. The molecule has 8 heteroatoms. The van der Waals surface area contributed by atoms with Crippen LogP contribution in [0, 0.1) is 11.8 Å². The molecule has 2 amide bonds. The zero-order valence-corrected chi connectivity index (χ0v) is 17.4. The largest absolute Gasteiger partial charge is 0.441 e. The lowest BCUT2D eigenvalue weighted by Crippen LogP contribution is -2.45. The van der Waals surface area contributed by atoms with Crippen LogP contribution in [0.5, 0.6) is 0 Å². The summed E-state index contributed by atoms with van der Waals surface area (Å²) in [5.41, 5.74) is -0.262. The maximum Gasteiger partial charge on any atom is 0.410 e. The first kappa shape index (κ1) is 21.7. The topological polar surface area (TPSA) is 79.9 Å². The van der Waals surface area contributed by atoms with E-state index in [1.165, 1.54) is 0 Å². The molecule has 4 aliphatic rings. The van der Waals surface area contributed by atoms with E-state index in [4.69, 9.17) is 9.47 Å². The summed E-state index contributed by atoms with van der Waals surface area (Å²) in [6.45, 7) is 4.83. The number of nitrogens with zero attached hydrogens (tertiary/aromatic N) is 1. The second-order valence-electron chi connectivity index (χ2n) is 8.78. The van der Waals surface area contributed by atoms with Crippen molar-refractivity contribution in [3.8, 4) is 0 Å². The number of rotatable bonds is 5. The van der Waals surface area contributed by atoms with Gasteiger partial charge in [-0.2, -0.15) is 0 Å². The van der Waals surface area contributed by atoms with Gasteiger partial charge in [0.1, 0.15) is 5.60 Å². The van der Waals surface area contributed by atoms with Gasteiger partial charge in [-0.3, -0.25) is 4.79 Å². The molecular weight excluding hydrogens is 382 g/mol. The third-order valence-corrected chi connectivity index (χ3v) is 6.78. The molecule has 0 radical (unpaired) electrons. The summed E-state index contributed by atoms with van der Waals surface area (Å²) >= 11 is 0. The molecule has 0 bridgehead atoms. The minimum absolute atomic E-state index is 0. The third-order valence-electron chi connectivity index (χ3n) is 6.78. The summed E-state index contributed by atoms with van der Waals surface area (Å²) in [6, 6.07) is 0. The van der Waals surface area contributed by atoms with Crippen LogP contribution in [0.15, 0.2) is 0 Å². The van der Waals surface area contributed by atoms with Crippen molar-refractivity contribution in [2.75, 3.05) is 39.3 Å². The number of halogens is 1. The minimum atomic E-state index is -0.262. The molecule has 2 N–H and O–H groups in total. The average molecular weight is 416 g/mol. The van der Waals surface area contributed by atoms with Crippen molar-refractivity contribution in [3.05, 3.63) is 0 Å². The van der Waals surface area contributed by atoms with E-state index < -0.39 is 0 Å². The number of amides is 2. The summed E-state index contributed by atoms with van der Waals surface area (Å²) in [7, 11) is 0. The standard InChI is InChI=1S/C20H33N3O4.ClH/c24-18(22-12-17-2-1-11-26-17)16-5-3-15(4-6-16)13-23-14-20(27-19(23)25)7-9-21-10-8-20;/h15-17,21H,1-14H2,(H,22,24);1H. The molecule has 1 atom stereocenters. The van der Waals surface area contributed by atoms with Crippen LogP contribution in [0.2, 0.25) is 0 Å². The van der Waals surface area contributed by atoms with Crippen LogP contribution in [0.25, 0.3) is 0 Å². The fourth-order valence-corrected chi connectivity index (χ4v) is 5.06. The number of carbonyl (C=O) groups is 2. The Bertz CT molecular complexity index is 542. The van der Waals surface area contributed by atoms with Crippen LogP contribution in [0.3, 0.4) is 0 Å². The normalized spacial score (nSPS) is 32.1. The van der Waals surface area contributed by atoms with Crippen molar-refractivity contribution in [2.24, 2.45) is 11.8 Å². The van der Waals surface area contributed by atoms with Crippen LogP contribution >= 0.6 is 12.4 Å². The third kappa shape index (κ3) is 5.10. The smallest absolute Gasteiger partial charge is 0.410 e. The van der Waals surface area contributed by atoms with Gasteiger partial charge in [0, 0.05) is 38.5 Å². The fraction of sp³-hybridized carbons (Fsp3) is 0.900. The Morgan fingerprint density at radius 2 is 1.93 bits per heavy atom. The summed E-state index contributed by atoms with van der Waals surface area (Å²) in [4.78, 5) is 26.6. The minimum Gasteiger partial charge on any atom is -0.441 e. The van der Waals surface area contributed by atoms with E-state index in [-0.39, 0.29) is 42.0 Å². The van der Waals surface area contributed by atoms with Crippen molar-refractivity contribution in [2.45, 2.75) is 63.1 Å². The molecular formula is C20H34ClN3O4.